The maximum absolute atomic E-state index is 13.7. The van der Waals surface area contributed by atoms with Gasteiger partial charge in [-0.1, -0.05) is 42.8 Å². The van der Waals surface area contributed by atoms with Crippen LogP contribution in [0.3, 0.4) is 0 Å². The first-order chi connectivity index (χ1) is 15.5. The molecule has 1 aromatic carbocycles. The van der Waals surface area contributed by atoms with Crippen molar-refractivity contribution >= 4 is 29.5 Å². The minimum absolute atomic E-state index is 0.178. The minimum atomic E-state index is -5.03. The molecule has 0 aromatic heterocycles. The first kappa shape index (κ1) is 26.7. The van der Waals surface area contributed by atoms with Gasteiger partial charge in [0.15, 0.2) is 5.41 Å². The van der Waals surface area contributed by atoms with Crippen LogP contribution in [0.25, 0.3) is 0 Å². The smallest absolute Gasteiger partial charge is 0.426 e. The molecule has 0 saturated heterocycles. The number of hydrogen-bond donors (Lipinski definition) is 0. The summed E-state index contributed by atoms with van der Waals surface area (Å²) in [4.78, 5) is 39.3. The van der Waals surface area contributed by atoms with Gasteiger partial charge in [0.25, 0.3) is 0 Å². The van der Waals surface area contributed by atoms with Crippen molar-refractivity contribution in [3.8, 4) is 0 Å². The number of esters is 3. The number of aryl methyl sites for hydroxylation is 1. The summed E-state index contributed by atoms with van der Waals surface area (Å²) in [6.07, 6.45) is -4.37. The summed E-state index contributed by atoms with van der Waals surface area (Å²) in [5.41, 5.74) is -1.99. The SMILES string of the molecule is CCOC(=O)[C@@H]1/C(=C(/Cl)C(F)(F)F)C(c2ccc(CC)cc2)C1(C(=O)OCC)C(=O)OCC. The molecule has 0 bridgehead atoms. The van der Waals surface area contributed by atoms with Crippen molar-refractivity contribution in [2.24, 2.45) is 11.3 Å². The van der Waals surface area contributed by atoms with Crippen LogP contribution in [0.15, 0.2) is 34.9 Å². The molecule has 0 spiro atoms. The molecule has 0 heterocycles. The van der Waals surface area contributed by atoms with Gasteiger partial charge in [0.05, 0.1) is 19.8 Å². The summed E-state index contributed by atoms with van der Waals surface area (Å²) in [5.74, 6) is -7.05. The van der Waals surface area contributed by atoms with Crippen LogP contribution in [-0.2, 0) is 35.0 Å². The lowest BCUT2D eigenvalue weighted by atomic mass is 9.47. The van der Waals surface area contributed by atoms with E-state index in [0.29, 0.717) is 6.42 Å². The number of benzene rings is 1. The molecule has 0 N–H and O–H groups in total. The maximum Gasteiger partial charge on any atom is 0.426 e. The number of alkyl halides is 3. The second-order valence-corrected chi connectivity index (χ2v) is 7.67. The average Bonchev–Trinajstić information content (AvgIpc) is 2.73. The number of ether oxygens (including phenoxy) is 3. The fourth-order valence-corrected chi connectivity index (χ4v) is 4.35. The maximum atomic E-state index is 13.7. The first-order valence-electron chi connectivity index (χ1n) is 10.6. The van der Waals surface area contributed by atoms with E-state index in [2.05, 4.69) is 0 Å². The molecular formula is C23H26ClF3O6. The van der Waals surface area contributed by atoms with E-state index in [0.717, 1.165) is 5.56 Å². The van der Waals surface area contributed by atoms with Crippen LogP contribution in [0.1, 0.15) is 44.7 Å². The lowest BCUT2D eigenvalue weighted by Crippen LogP contribution is -2.64. The number of carbonyl (C=O) groups excluding carboxylic acids is 3. The third-order valence-electron chi connectivity index (χ3n) is 5.51. The average molecular weight is 491 g/mol. The molecule has 0 aliphatic heterocycles. The zero-order chi connectivity index (χ0) is 25.0. The highest BCUT2D eigenvalue weighted by Crippen LogP contribution is 2.65. The van der Waals surface area contributed by atoms with E-state index in [1.807, 2.05) is 6.92 Å². The summed E-state index contributed by atoms with van der Waals surface area (Å²) >= 11 is 5.73. The number of carbonyl (C=O) groups is 3. The van der Waals surface area contributed by atoms with Gasteiger partial charge in [-0.15, -0.1) is 0 Å². The Hall–Kier alpha value is -2.55. The summed E-state index contributed by atoms with van der Waals surface area (Å²) in [6, 6.07) is 6.32. The fourth-order valence-electron chi connectivity index (χ4n) is 4.13. The second-order valence-electron chi connectivity index (χ2n) is 7.29. The van der Waals surface area contributed by atoms with Gasteiger partial charge in [-0.25, -0.2) is 0 Å². The minimum Gasteiger partial charge on any atom is -0.465 e. The molecule has 1 aliphatic rings. The van der Waals surface area contributed by atoms with Crippen LogP contribution in [-0.4, -0.2) is 43.9 Å². The van der Waals surface area contributed by atoms with Crippen molar-refractivity contribution in [3.63, 3.8) is 0 Å². The number of halogens is 4. The van der Waals surface area contributed by atoms with Crippen LogP contribution in [0.2, 0.25) is 0 Å². The quantitative estimate of drug-likeness (QED) is 0.299. The summed E-state index contributed by atoms with van der Waals surface area (Å²) in [7, 11) is 0. The molecule has 1 saturated carbocycles. The Morgan fingerprint density at radius 2 is 1.39 bits per heavy atom. The van der Waals surface area contributed by atoms with Gasteiger partial charge in [-0.05, 0) is 43.9 Å². The summed E-state index contributed by atoms with van der Waals surface area (Å²) in [6.45, 7) is 5.74. The lowest BCUT2D eigenvalue weighted by molar-refractivity contribution is -0.191. The van der Waals surface area contributed by atoms with Crippen LogP contribution in [0, 0.1) is 11.3 Å². The van der Waals surface area contributed by atoms with E-state index in [9.17, 15) is 27.6 Å². The van der Waals surface area contributed by atoms with Crippen LogP contribution in [0.5, 0.6) is 0 Å². The Morgan fingerprint density at radius 3 is 1.79 bits per heavy atom. The van der Waals surface area contributed by atoms with Crippen molar-refractivity contribution in [1.82, 2.24) is 0 Å². The van der Waals surface area contributed by atoms with Gasteiger partial charge >= 0.3 is 24.1 Å². The zero-order valence-electron chi connectivity index (χ0n) is 18.8. The predicted octanol–water partition coefficient (Wildman–Crippen LogP) is 4.69. The molecule has 0 amide bonds. The monoisotopic (exact) mass is 490 g/mol. The topological polar surface area (TPSA) is 78.9 Å². The Balaban J connectivity index is 2.91. The van der Waals surface area contributed by atoms with Crippen LogP contribution in [0.4, 0.5) is 13.2 Å². The predicted molar refractivity (Wildman–Crippen MR) is 113 cm³/mol. The molecule has 6 nitrogen and oxygen atoms in total. The van der Waals surface area contributed by atoms with Gasteiger partial charge in [0.1, 0.15) is 11.0 Å². The molecule has 1 aromatic rings. The van der Waals surface area contributed by atoms with E-state index < -0.39 is 51.9 Å². The van der Waals surface area contributed by atoms with Gasteiger partial charge in [0, 0.05) is 5.92 Å². The molecular weight excluding hydrogens is 465 g/mol. The molecule has 10 heteroatoms. The molecule has 33 heavy (non-hydrogen) atoms. The molecule has 1 aliphatic carbocycles. The van der Waals surface area contributed by atoms with Crippen molar-refractivity contribution < 1.29 is 41.8 Å². The van der Waals surface area contributed by atoms with Gasteiger partial charge < -0.3 is 14.2 Å². The Morgan fingerprint density at radius 1 is 0.909 bits per heavy atom. The van der Waals surface area contributed by atoms with Crippen molar-refractivity contribution in [2.45, 2.75) is 46.2 Å². The number of hydrogen-bond acceptors (Lipinski definition) is 6. The van der Waals surface area contributed by atoms with Crippen molar-refractivity contribution in [3.05, 3.63) is 46.0 Å². The van der Waals surface area contributed by atoms with Gasteiger partial charge in [-0.2, -0.15) is 13.2 Å². The van der Waals surface area contributed by atoms with E-state index >= 15 is 0 Å². The number of rotatable bonds is 8. The Bertz CT molecular complexity index is 905. The first-order valence-corrected chi connectivity index (χ1v) is 11.0. The number of allylic oxidation sites excluding steroid dienone is 1. The van der Waals surface area contributed by atoms with Gasteiger partial charge in [0.2, 0.25) is 0 Å². The van der Waals surface area contributed by atoms with Crippen molar-refractivity contribution in [1.29, 1.82) is 0 Å². The molecule has 1 unspecified atom stereocenters. The highest BCUT2D eigenvalue weighted by molar-refractivity contribution is 6.31. The Labute approximate surface area is 195 Å². The second kappa shape index (κ2) is 10.6. The highest BCUT2D eigenvalue weighted by Gasteiger charge is 2.75. The van der Waals surface area contributed by atoms with E-state index in [1.165, 1.54) is 32.9 Å². The third-order valence-corrected chi connectivity index (χ3v) is 5.94. The third kappa shape index (κ3) is 4.74. The molecule has 2 rings (SSSR count). The lowest BCUT2D eigenvalue weighted by Gasteiger charge is -2.52. The molecule has 182 valence electrons. The normalized spacial score (nSPS) is 21.0. The van der Waals surface area contributed by atoms with Crippen molar-refractivity contribution in [2.75, 3.05) is 19.8 Å². The summed E-state index contributed by atoms with van der Waals surface area (Å²) in [5, 5.41) is -1.59. The molecule has 1 fully saturated rings. The molecule has 0 radical (unpaired) electrons. The largest absolute Gasteiger partial charge is 0.465 e. The van der Waals surface area contributed by atoms with Gasteiger partial charge in [-0.3, -0.25) is 14.4 Å². The Kier molecular flexibility index (Phi) is 8.57. The zero-order valence-corrected chi connectivity index (χ0v) is 19.5. The highest BCUT2D eigenvalue weighted by atomic mass is 35.5. The molecule has 2 atom stereocenters. The summed E-state index contributed by atoms with van der Waals surface area (Å²) < 4.78 is 56.3. The standard InChI is InChI=1S/C23H26ClF3O6/c1-5-13-9-11-14(12-10-13)16-15(18(24)23(25,26)27)17(19(28)31-6-2)22(16,20(29)32-7-3)21(30)33-8-4/h9-12,16-17H,5-8H2,1-4H3/b18-15+/t16?,17-/m0/s1. The van der Waals surface area contributed by atoms with E-state index in [4.69, 9.17) is 25.8 Å². The fraction of sp³-hybridized carbons (Fsp3) is 0.522. The van der Waals surface area contributed by atoms with Crippen LogP contribution >= 0.6 is 11.6 Å². The van der Waals surface area contributed by atoms with E-state index in [-0.39, 0.29) is 25.4 Å². The van der Waals surface area contributed by atoms with Crippen LogP contribution < -0.4 is 0 Å². The van der Waals surface area contributed by atoms with E-state index in [1.54, 1.807) is 12.1 Å².